The quantitative estimate of drug-likeness (QED) is 0.898. The molecule has 1 aromatic rings. The molecule has 1 saturated heterocycles. The van der Waals surface area contributed by atoms with E-state index in [4.69, 9.17) is 4.74 Å². The van der Waals surface area contributed by atoms with Crippen molar-refractivity contribution in [2.24, 2.45) is 0 Å². The van der Waals surface area contributed by atoms with E-state index >= 15 is 0 Å². The molecule has 1 N–H and O–H groups in total. The predicted molar refractivity (Wildman–Crippen MR) is 77.9 cm³/mol. The van der Waals surface area contributed by atoms with Gasteiger partial charge >= 0.3 is 6.09 Å². The Morgan fingerprint density at radius 3 is 2.76 bits per heavy atom. The van der Waals surface area contributed by atoms with Gasteiger partial charge in [-0.2, -0.15) is 5.10 Å². The lowest BCUT2D eigenvalue weighted by Crippen LogP contribution is -2.24. The maximum absolute atomic E-state index is 11.6. The van der Waals surface area contributed by atoms with Crippen LogP contribution in [-0.2, 0) is 21.1 Å². The highest BCUT2D eigenvalue weighted by Gasteiger charge is 2.31. The van der Waals surface area contributed by atoms with Gasteiger partial charge in [0.1, 0.15) is 0 Å². The number of aromatic nitrogens is 2. The second-order valence-electron chi connectivity index (χ2n) is 5.22. The van der Waals surface area contributed by atoms with Gasteiger partial charge in [-0.15, -0.1) is 0 Å². The van der Waals surface area contributed by atoms with Gasteiger partial charge in [0.15, 0.2) is 9.84 Å². The molecule has 1 unspecified atom stereocenters. The van der Waals surface area contributed by atoms with Crippen LogP contribution in [0.25, 0.3) is 0 Å². The molecule has 0 aliphatic carbocycles. The van der Waals surface area contributed by atoms with Gasteiger partial charge in [-0.25, -0.2) is 13.2 Å². The third-order valence-electron chi connectivity index (χ3n) is 3.71. The van der Waals surface area contributed by atoms with Crippen molar-refractivity contribution in [1.82, 2.24) is 15.1 Å². The Kier molecular flexibility index (Phi) is 4.55. The Morgan fingerprint density at radius 2 is 2.19 bits per heavy atom. The molecule has 118 valence electrons. The summed E-state index contributed by atoms with van der Waals surface area (Å²) in [5.74, 6) is 0.353. The molecule has 0 saturated carbocycles. The molecule has 0 radical (unpaired) electrons. The number of carbonyl (C=O) groups is 1. The number of hydrogen-bond acceptors (Lipinski definition) is 5. The van der Waals surface area contributed by atoms with Crippen molar-refractivity contribution in [2.75, 3.05) is 18.1 Å². The van der Waals surface area contributed by atoms with Crippen molar-refractivity contribution in [3.8, 4) is 0 Å². The number of alkyl carbamates (subject to hydrolysis) is 1. The molecular weight excluding hydrogens is 294 g/mol. The number of sulfone groups is 1. The first-order valence-electron chi connectivity index (χ1n) is 6.99. The summed E-state index contributed by atoms with van der Waals surface area (Å²) in [6.45, 7) is 6.15. The fourth-order valence-electron chi connectivity index (χ4n) is 2.62. The molecule has 1 amide bonds. The van der Waals surface area contributed by atoms with Crippen LogP contribution in [0.15, 0.2) is 0 Å². The number of carbonyl (C=O) groups excluding carboxylic acids is 1. The zero-order chi connectivity index (χ0) is 15.6. The van der Waals surface area contributed by atoms with Crippen molar-refractivity contribution in [3.63, 3.8) is 0 Å². The van der Waals surface area contributed by atoms with Crippen molar-refractivity contribution >= 4 is 15.9 Å². The fraction of sp³-hybridized carbons (Fsp3) is 0.692. The Bertz CT molecular complexity index is 636. The fourth-order valence-corrected chi connectivity index (χ4v) is 4.31. The molecule has 21 heavy (non-hydrogen) atoms. The van der Waals surface area contributed by atoms with E-state index in [0.717, 1.165) is 17.0 Å². The monoisotopic (exact) mass is 315 g/mol. The zero-order valence-corrected chi connectivity index (χ0v) is 13.4. The summed E-state index contributed by atoms with van der Waals surface area (Å²) >= 11 is 0. The predicted octanol–water partition coefficient (Wildman–Crippen LogP) is 1.11. The van der Waals surface area contributed by atoms with Gasteiger partial charge in [-0.3, -0.25) is 4.68 Å². The van der Waals surface area contributed by atoms with Crippen molar-refractivity contribution in [2.45, 2.75) is 39.8 Å². The highest BCUT2D eigenvalue weighted by atomic mass is 32.2. The van der Waals surface area contributed by atoms with Crippen molar-refractivity contribution in [1.29, 1.82) is 0 Å². The molecule has 2 heterocycles. The lowest BCUT2D eigenvalue weighted by molar-refractivity contribution is 0.151. The molecule has 0 bridgehead atoms. The Morgan fingerprint density at radius 1 is 1.48 bits per heavy atom. The van der Waals surface area contributed by atoms with Crippen LogP contribution in [0.2, 0.25) is 0 Å². The molecule has 1 aliphatic rings. The second kappa shape index (κ2) is 6.05. The maximum Gasteiger partial charge on any atom is 0.407 e. The highest BCUT2D eigenvalue weighted by molar-refractivity contribution is 7.91. The summed E-state index contributed by atoms with van der Waals surface area (Å²) in [5, 5.41) is 7.11. The number of amides is 1. The van der Waals surface area contributed by atoms with Crippen LogP contribution in [0.4, 0.5) is 4.79 Å². The van der Waals surface area contributed by atoms with E-state index in [9.17, 15) is 13.2 Å². The summed E-state index contributed by atoms with van der Waals surface area (Å²) in [7, 11) is -2.95. The average molecular weight is 315 g/mol. The maximum atomic E-state index is 11.6. The highest BCUT2D eigenvalue weighted by Crippen LogP contribution is 2.26. The minimum Gasteiger partial charge on any atom is -0.450 e. The Hall–Kier alpha value is -1.57. The summed E-state index contributed by atoms with van der Waals surface area (Å²) in [4.78, 5) is 11.3. The Labute approximate surface area is 124 Å². The van der Waals surface area contributed by atoms with Crippen LogP contribution in [0.5, 0.6) is 0 Å². The minimum atomic E-state index is -2.95. The van der Waals surface area contributed by atoms with Gasteiger partial charge in [0.2, 0.25) is 0 Å². The van der Waals surface area contributed by atoms with E-state index in [1.54, 1.807) is 11.6 Å². The van der Waals surface area contributed by atoms with Crippen LogP contribution < -0.4 is 5.32 Å². The largest absolute Gasteiger partial charge is 0.450 e. The number of nitrogens with zero attached hydrogens (tertiary/aromatic N) is 2. The lowest BCUT2D eigenvalue weighted by atomic mass is 10.2. The van der Waals surface area contributed by atoms with Gasteiger partial charge in [0, 0.05) is 17.8 Å². The topological polar surface area (TPSA) is 90.3 Å². The van der Waals surface area contributed by atoms with E-state index in [1.165, 1.54) is 0 Å². The lowest BCUT2D eigenvalue weighted by Gasteiger charge is -2.11. The first-order valence-corrected chi connectivity index (χ1v) is 8.82. The summed E-state index contributed by atoms with van der Waals surface area (Å²) in [6, 6.07) is -0.106. The number of ether oxygens (including phenoxy) is 1. The normalized spacial score (nSPS) is 20.4. The van der Waals surface area contributed by atoms with E-state index in [0.29, 0.717) is 19.6 Å². The Balaban J connectivity index is 2.13. The van der Waals surface area contributed by atoms with Crippen LogP contribution in [0, 0.1) is 13.8 Å². The molecule has 1 fully saturated rings. The van der Waals surface area contributed by atoms with Crippen molar-refractivity contribution in [3.05, 3.63) is 17.0 Å². The SMILES string of the molecule is CCOC(=O)NCc1c(C)nn(C2CCS(=O)(=O)C2)c1C. The van der Waals surface area contributed by atoms with E-state index in [-0.39, 0.29) is 17.5 Å². The minimum absolute atomic E-state index is 0.106. The van der Waals surface area contributed by atoms with Crippen LogP contribution in [-0.4, -0.2) is 42.4 Å². The van der Waals surface area contributed by atoms with Crippen LogP contribution in [0.1, 0.15) is 36.3 Å². The van der Waals surface area contributed by atoms with Gasteiger partial charge in [0.25, 0.3) is 0 Å². The van der Waals surface area contributed by atoms with Gasteiger partial charge in [0.05, 0.1) is 29.8 Å². The molecule has 7 nitrogen and oxygen atoms in total. The first kappa shape index (κ1) is 15.8. The van der Waals surface area contributed by atoms with Crippen LogP contribution >= 0.6 is 0 Å². The zero-order valence-electron chi connectivity index (χ0n) is 12.5. The molecule has 0 aromatic carbocycles. The van der Waals surface area contributed by atoms with Crippen LogP contribution in [0.3, 0.4) is 0 Å². The standard InChI is InChI=1S/C13H21N3O4S/c1-4-20-13(17)14-7-12-9(2)15-16(10(12)3)11-5-6-21(18,19)8-11/h11H,4-8H2,1-3H3,(H,14,17). The summed E-state index contributed by atoms with van der Waals surface area (Å²) in [6.07, 6.45) is 0.127. The number of aryl methyl sites for hydroxylation is 1. The van der Waals surface area contributed by atoms with Gasteiger partial charge in [-0.05, 0) is 27.2 Å². The molecule has 1 aromatic heterocycles. The van der Waals surface area contributed by atoms with Gasteiger partial charge in [-0.1, -0.05) is 0 Å². The molecule has 0 spiro atoms. The number of nitrogens with one attached hydrogen (secondary N) is 1. The third kappa shape index (κ3) is 3.55. The third-order valence-corrected chi connectivity index (χ3v) is 5.46. The molecule has 2 rings (SSSR count). The van der Waals surface area contributed by atoms with Gasteiger partial charge < -0.3 is 10.1 Å². The van der Waals surface area contributed by atoms with E-state index in [2.05, 4.69) is 10.4 Å². The number of rotatable bonds is 4. The molecule has 1 aliphatic heterocycles. The summed E-state index contributed by atoms with van der Waals surface area (Å²) in [5.41, 5.74) is 2.60. The van der Waals surface area contributed by atoms with E-state index < -0.39 is 15.9 Å². The first-order chi connectivity index (χ1) is 9.84. The molecular formula is C13H21N3O4S. The number of hydrogen-bond donors (Lipinski definition) is 1. The average Bonchev–Trinajstić information content (AvgIpc) is 2.88. The van der Waals surface area contributed by atoms with E-state index in [1.807, 2.05) is 13.8 Å². The molecule has 1 atom stereocenters. The second-order valence-corrected chi connectivity index (χ2v) is 7.45. The summed E-state index contributed by atoms with van der Waals surface area (Å²) < 4.78 is 29.8. The smallest absolute Gasteiger partial charge is 0.407 e. The molecule has 8 heteroatoms. The van der Waals surface area contributed by atoms with Crippen molar-refractivity contribution < 1.29 is 17.9 Å².